The lowest BCUT2D eigenvalue weighted by Gasteiger charge is -2.36. The lowest BCUT2D eigenvalue weighted by atomic mass is 9.92. The maximum Gasteiger partial charge on any atom is 0.0722 e. The second-order valence-electron chi connectivity index (χ2n) is 6.04. The van der Waals surface area contributed by atoms with E-state index in [1.54, 1.807) is 0 Å². The Balaban J connectivity index is 2.00. The highest BCUT2D eigenvalue weighted by Gasteiger charge is 2.30. The molecule has 1 aromatic carbocycles. The standard InChI is InChI=1S/C18H25N3/c1-3-18(4-2)14-21(13-7-12-20-18)17-10-5-9-16-15(17)8-6-11-19-16/h5-6,8-11,20H,3-4,7,12-14H2,1-2H3. The fraction of sp³-hybridized carbons (Fsp3) is 0.500. The molecule has 0 unspecified atom stereocenters. The highest BCUT2D eigenvalue weighted by Crippen LogP contribution is 2.29. The van der Waals surface area contributed by atoms with Crippen molar-refractivity contribution in [2.45, 2.75) is 38.6 Å². The first-order valence-corrected chi connectivity index (χ1v) is 8.12. The van der Waals surface area contributed by atoms with Gasteiger partial charge in [-0.25, -0.2) is 0 Å². The highest BCUT2D eigenvalue weighted by molar-refractivity contribution is 5.91. The molecule has 21 heavy (non-hydrogen) atoms. The lowest BCUT2D eigenvalue weighted by molar-refractivity contribution is 0.322. The van der Waals surface area contributed by atoms with Crippen LogP contribution in [0, 0.1) is 0 Å². The van der Waals surface area contributed by atoms with E-state index in [4.69, 9.17) is 0 Å². The first-order valence-electron chi connectivity index (χ1n) is 8.12. The molecule has 0 aliphatic carbocycles. The van der Waals surface area contributed by atoms with Crippen LogP contribution in [0.4, 0.5) is 5.69 Å². The lowest BCUT2D eigenvalue weighted by Crippen LogP contribution is -2.50. The summed E-state index contributed by atoms with van der Waals surface area (Å²) in [5.74, 6) is 0. The van der Waals surface area contributed by atoms with Crippen LogP contribution in [0.25, 0.3) is 10.9 Å². The summed E-state index contributed by atoms with van der Waals surface area (Å²) in [6.45, 7) is 7.90. The predicted molar refractivity (Wildman–Crippen MR) is 89.9 cm³/mol. The van der Waals surface area contributed by atoms with Gasteiger partial charge < -0.3 is 10.2 Å². The molecule has 3 rings (SSSR count). The van der Waals surface area contributed by atoms with Crippen molar-refractivity contribution in [3.05, 3.63) is 36.5 Å². The minimum Gasteiger partial charge on any atom is -0.369 e. The smallest absolute Gasteiger partial charge is 0.0722 e. The number of rotatable bonds is 3. The maximum absolute atomic E-state index is 4.49. The molecule has 0 spiro atoms. The summed E-state index contributed by atoms with van der Waals surface area (Å²) in [6.07, 6.45) is 5.41. The van der Waals surface area contributed by atoms with E-state index in [0.717, 1.165) is 25.2 Å². The van der Waals surface area contributed by atoms with Gasteiger partial charge in [-0.2, -0.15) is 0 Å². The second kappa shape index (κ2) is 6.02. The molecule has 0 saturated carbocycles. The number of pyridine rings is 1. The van der Waals surface area contributed by atoms with Crippen LogP contribution in [0.5, 0.6) is 0 Å². The Hall–Kier alpha value is -1.61. The van der Waals surface area contributed by atoms with Crippen molar-refractivity contribution in [3.63, 3.8) is 0 Å². The van der Waals surface area contributed by atoms with Gasteiger partial charge in [-0.1, -0.05) is 19.9 Å². The SMILES string of the molecule is CCC1(CC)CN(c2cccc3ncccc23)CCCN1. The monoisotopic (exact) mass is 283 g/mol. The molecule has 1 saturated heterocycles. The van der Waals surface area contributed by atoms with Crippen LogP contribution in [-0.2, 0) is 0 Å². The minimum atomic E-state index is 0.237. The number of nitrogens with zero attached hydrogens (tertiary/aromatic N) is 2. The number of nitrogens with one attached hydrogen (secondary N) is 1. The van der Waals surface area contributed by atoms with Crippen LogP contribution in [-0.4, -0.2) is 30.2 Å². The van der Waals surface area contributed by atoms with Gasteiger partial charge in [0.05, 0.1) is 5.52 Å². The molecule has 1 aliphatic heterocycles. The fourth-order valence-electron chi connectivity index (χ4n) is 3.42. The predicted octanol–water partition coefficient (Wildman–Crippen LogP) is 3.59. The summed E-state index contributed by atoms with van der Waals surface area (Å²) in [7, 11) is 0. The Morgan fingerprint density at radius 2 is 2.05 bits per heavy atom. The first-order chi connectivity index (χ1) is 10.3. The van der Waals surface area contributed by atoms with Crippen molar-refractivity contribution in [1.82, 2.24) is 10.3 Å². The average molecular weight is 283 g/mol. The molecule has 112 valence electrons. The summed E-state index contributed by atoms with van der Waals surface area (Å²) >= 11 is 0. The largest absolute Gasteiger partial charge is 0.369 e. The van der Waals surface area contributed by atoms with Crippen LogP contribution in [0.2, 0.25) is 0 Å². The third-order valence-electron chi connectivity index (χ3n) is 4.92. The Morgan fingerprint density at radius 3 is 2.86 bits per heavy atom. The maximum atomic E-state index is 4.49. The van der Waals surface area contributed by atoms with Crippen molar-refractivity contribution in [1.29, 1.82) is 0 Å². The van der Waals surface area contributed by atoms with E-state index in [-0.39, 0.29) is 5.54 Å². The van der Waals surface area contributed by atoms with E-state index in [0.29, 0.717) is 0 Å². The molecule has 0 atom stereocenters. The van der Waals surface area contributed by atoms with Crippen molar-refractivity contribution in [3.8, 4) is 0 Å². The van der Waals surface area contributed by atoms with Gasteiger partial charge in [0.2, 0.25) is 0 Å². The van der Waals surface area contributed by atoms with Gasteiger partial charge >= 0.3 is 0 Å². The van der Waals surface area contributed by atoms with E-state index in [2.05, 4.69) is 53.3 Å². The second-order valence-corrected chi connectivity index (χ2v) is 6.04. The molecule has 2 heterocycles. The number of anilines is 1. The van der Waals surface area contributed by atoms with E-state index < -0.39 is 0 Å². The number of aromatic nitrogens is 1. The molecule has 1 aliphatic rings. The van der Waals surface area contributed by atoms with Crippen molar-refractivity contribution in [2.24, 2.45) is 0 Å². The molecule has 2 aromatic rings. The van der Waals surface area contributed by atoms with E-state index in [1.165, 1.54) is 30.3 Å². The van der Waals surface area contributed by atoms with Crippen molar-refractivity contribution < 1.29 is 0 Å². The Labute approximate surface area is 127 Å². The zero-order valence-electron chi connectivity index (χ0n) is 13.1. The zero-order chi connectivity index (χ0) is 14.7. The topological polar surface area (TPSA) is 28.2 Å². The third-order valence-corrected chi connectivity index (χ3v) is 4.92. The zero-order valence-corrected chi connectivity index (χ0v) is 13.1. The van der Waals surface area contributed by atoms with Crippen LogP contribution >= 0.6 is 0 Å². The Bertz CT molecular complexity index is 599. The van der Waals surface area contributed by atoms with Gasteiger partial charge in [-0.3, -0.25) is 4.98 Å². The van der Waals surface area contributed by atoms with Crippen LogP contribution in [0.3, 0.4) is 0 Å². The molecule has 1 fully saturated rings. The molecule has 1 N–H and O–H groups in total. The van der Waals surface area contributed by atoms with Gasteiger partial charge in [0.1, 0.15) is 0 Å². The summed E-state index contributed by atoms with van der Waals surface area (Å²) < 4.78 is 0. The Morgan fingerprint density at radius 1 is 1.19 bits per heavy atom. The van der Waals surface area contributed by atoms with Gasteiger partial charge in [-0.15, -0.1) is 0 Å². The van der Waals surface area contributed by atoms with Crippen molar-refractivity contribution >= 4 is 16.6 Å². The van der Waals surface area contributed by atoms with Crippen LogP contribution < -0.4 is 10.2 Å². The number of benzene rings is 1. The molecule has 0 bridgehead atoms. The summed E-state index contributed by atoms with van der Waals surface area (Å²) in [4.78, 5) is 7.05. The quantitative estimate of drug-likeness (QED) is 0.933. The number of fused-ring (bicyclic) bond motifs is 1. The molecule has 3 nitrogen and oxygen atoms in total. The van der Waals surface area contributed by atoms with Gasteiger partial charge in [0, 0.05) is 35.9 Å². The summed E-state index contributed by atoms with van der Waals surface area (Å²) in [6, 6.07) is 10.7. The molecule has 0 radical (unpaired) electrons. The van der Waals surface area contributed by atoms with E-state index in [9.17, 15) is 0 Å². The summed E-state index contributed by atoms with van der Waals surface area (Å²) in [5, 5.41) is 5.05. The molecular formula is C18H25N3. The fourth-order valence-corrected chi connectivity index (χ4v) is 3.42. The van der Waals surface area contributed by atoms with E-state index in [1.807, 2.05) is 12.3 Å². The average Bonchev–Trinajstić information content (AvgIpc) is 2.77. The van der Waals surface area contributed by atoms with Gasteiger partial charge in [-0.05, 0) is 50.1 Å². The number of hydrogen-bond acceptors (Lipinski definition) is 3. The third kappa shape index (κ3) is 2.75. The molecule has 3 heteroatoms. The molecular weight excluding hydrogens is 258 g/mol. The van der Waals surface area contributed by atoms with Crippen LogP contribution in [0.15, 0.2) is 36.5 Å². The highest BCUT2D eigenvalue weighted by atomic mass is 15.2. The van der Waals surface area contributed by atoms with E-state index >= 15 is 0 Å². The van der Waals surface area contributed by atoms with Crippen molar-refractivity contribution in [2.75, 3.05) is 24.5 Å². The Kier molecular flexibility index (Phi) is 4.11. The normalized spacial score (nSPS) is 18.7. The van der Waals surface area contributed by atoms with Gasteiger partial charge in [0.15, 0.2) is 0 Å². The molecule has 1 aromatic heterocycles. The first kappa shape index (κ1) is 14.3. The van der Waals surface area contributed by atoms with Gasteiger partial charge in [0.25, 0.3) is 0 Å². The summed E-state index contributed by atoms with van der Waals surface area (Å²) in [5.41, 5.74) is 2.65. The number of hydrogen-bond donors (Lipinski definition) is 1. The van der Waals surface area contributed by atoms with Crippen LogP contribution in [0.1, 0.15) is 33.1 Å². The molecule has 0 amide bonds. The minimum absolute atomic E-state index is 0.237.